The molecular formula is C23H30O10. The lowest BCUT2D eigenvalue weighted by Gasteiger charge is -2.39. The smallest absolute Gasteiger partial charge is 0.147 e. The highest BCUT2D eigenvalue weighted by Gasteiger charge is 2.43. The van der Waals surface area contributed by atoms with Crippen molar-refractivity contribution in [2.45, 2.75) is 67.5 Å². The van der Waals surface area contributed by atoms with E-state index in [0.29, 0.717) is 5.56 Å². The highest BCUT2D eigenvalue weighted by molar-refractivity contribution is 5.53. The van der Waals surface area contributed by atoms with E-state index in [9.17, 15) is 40.9 Å². The molecule has 0 amide bonds. The number of rotatable bonds is 5. The molecule has 0 bridgehead atoms. The van der Waals surface area contributed by atoms with E-state index in [-0.39, 0.29) is 6.42 Å². The molecule has 2 fully saturated rings. The zero-order valence-corrected chi connectivity index (χ0v) is 17.8. The van der Waals surface area contributed by atoms with Crippen molar-refractivity contribution in [2.24, 2.45) is 0 Å². The molecule has 0 saturated carbocycles. The van der Waals surface area contributed by atoms with E-state index in [2.05, 4.69) is 11.8 Å². The molecule has 2 aliphatic rings. The Morgan fingerprint density at radius 2 is 1.36 bits per heavy atom. The van der Waals surface area contributed by atoms with Crippen LogP contribution in [0.25, 0.3) is 6.08 Å². The topological polar surface area (TPSA) is 180 Å². The molecule has 1 aromatic rings. The van der Waals surface area contributed by atoms with Gasteiger partial charge in [-0.3, -0.25) is 0 Å². The molecule has 0 aromatic heterocycles. The standard InChI is InChI=1S/C23H30O10/c24-10-16-20(28)22(30)18(26)14(32-16)6-2-5-12-3-1-4-13(9-12)7-8-15-19(27)23(31)21(29)17(11-25)33-15/h1-5,9,14-31H,6,10-11H2/b5-2+/t14-,15-,16-,17-,18-,19+,20-,21-,22-,23-/m1/s1. The summed E-state index contributed by atoms with van der Waals surface area (Å²) < 4.78 is 10.8. The Balaban J connectivity index is 1.64. The van der Waals surface area contributed by atoms with Crippen LogP contribution >= 0.6 is 0 Å². The first-order chi connectivity index (χ1) is 15.8. The minimum Gasteiger partial charge on any atom is -0.394 e. The van der Waals surface area contributed by atoms with Gasteiger partial charge in [0.2, 0.25) is 0 Å². The van der Waals surface area contributed by atoms with Crippen molar-refractivity contribution in [2.75, 3.05) is 13.2 Å². The first kappa shape index (κ1) is 25.7. The Hall–Kier alpha value is -1.88. The Kier molecular flexibility index (Phi) is 8.97. The van der Waals surface area contributed by atoms with Crippen molar-refractivity contribution < 1.29 is 50.3 Å². The third-order valence-corrected chi connectivity index (χ3v) is 5.81. The Bertz CT molecular complexity index is 860. The summed E-state index contributed by atoms with van der Waals surface area (Å²) in [4.78, 5) is 0. The lowest BCUT2D eigenvalue weighted by molar-refractivity contribution is -0.227. The summed E-state index contributed by atoms with van der Waals surface area (Å²) in [6, 6.07) is 7.04. The average Bonchev–Trinajstić information content (AvgIpc) is 2.82. The second-order valence-electron chi connectivity index (χ2n) is 8.15. The number of hydrogen-bond donors (Lipinski definition) is 8. The van der Waals surface area contributed by atoms with Crippen LogP contribution in [0.5, 0.6) is 0 Å². The number of aliphatic hydroxyl groups is 8. The molecule has 0 unspecified atom stereocenters. The van der Waals surface area contributed by atoms with Gasteiger partial charge in [-0.1, -0.05) is 36.1 Å². The van der Waals surface area contributed by atoms with Crippen LogP contribution in [0.15, 0.2) is 30.3 Å². The number of ether oxygens (including phenoxy) is 2. The van der Waals surface area contributed by atoms with Gasteiger partial charge in [-0.2, -0.15) is 0 Å². The van der Waals surface area contributed by atoms with Crippen molar-refractivity contribution in [1.82, 2.24) is 0 Å². The van der Waals surface area contributed by atoms with Crippen LogP contribution in [0, 0.1) is 11.8 Å². The zero-order chi connectivity index (χ0) is 24.1. The van der Waals surface area contributed by atoms with Crippen LogP contribution in [-0.4, -0.2) is 115 Å². The maximum absolute atomic E-state index is 10.1. The predicted octanol–water partition coefficient (Wildman–Crippen LogP) is -2.87. The van der Waals surface area contributed by atoms with Crippen LogP contribution < -0.4 is 0 Å². The minimum absolute atomic E-state index is 0.224. The van der Waals surface area contributed by atoms with E-state index in [1.807, 2.05) is 6.07 Å². The molecule has 2 heterocycles. The number of hydrogen-bond acceptors (Lipinski definition) is 10. The maximum atomic E-state index is 10.1. The molecule has 1 aromatic carbocycles. The first-order valence-corrected chi connectivity index (χ1v) is 10.7. The predicted molar refractivity (Wildman–Crippen MR) is 115 cm³/mol. The highest BCUT2D eigenvalue weighted by atomic mass is 16.5. The van der Waals surface area contributed by atoms with Gasteiger partial charge in [0, 0.05) is 5.56 Å². The summed E-state index contributed by atoms with van der Waals surface area (Å²) in [7, 11) is 0. The molecular weight excluding hydrogens is 436 g/mol. The monoisotopic (exact) mass is 466 g/mol. The normalized spacial score (nSPS) is 39.3. The fourth-order valence-corrected chi connectivity index (χ4v) is 3.81. The van der Waals surface area contributed by atoms with E-state index < -0.39 is 74.3 Å². The van der Waals surface area contributed by atoms with E-state index in [1.165, 1.54) is 0 Å². The van der Waals surface area contributed by atoms with Gasteiger partial charge in [0.1, 0.15) is 54.9 Å². The SMILES string of the molecule is OC[C@H]1O[C@H](C/C=C/c2cccc(C#C[C@H]3O[C@H](CO)[C@@H](O)[C@H](O)[C@H]3O)c2)[C@@H](O)[C@@H](O)[C@@H]1O. The molecule has 3 rings (SSSR count). The van der Waals surface area contributed by atoms with Crippen molar-refractivity contribution in [1.29, 1.82) is 0 Å². The summed E-state index contributed by atoms with van der Waals surface area (Å²) in [6.07, 6.45) is -8.68. The molecule has 8 N–H and O–H groups in total. The lowest BCUT2D eigenvalue weighted by atomic mass is 9.93. The quantitative estimate of drug-likeness (QED) is 0.210. The summed E-state index contributed by atoms with van der Waals surface area (Å²) in [5.74, 6) is 5.55. The van der Waals surface area contributed by atoms with Gasteiger partial charge < -0.3 is 50.3 Å². The minimum atomic E-state index is -1.49. The molecule has 2 saturated heterocycles. The molecule has 0 radical (unpaired) electrons. The Labute approximate surface area is 191 Å². The lowest BCUT2D eigenvalue weighted by Crippen LogP contribution is -2.58. The summed E-state index contributed by atoms with van der Waals surface area (Å²) in [5.41, 5.74) is 1.35. The van der Waals surface area contributed by atoms with Gasteiger partial charge in [-0.25, -0.2) is 0 Å². The van der Waals surface area contributed by atoms with Gasteiger partial charge in [-0.05, 0) is 24.1 Å². The summed E-state index contributed by atoms with van der Waals surface area (Å²) >= 11 is 0. The van der Waals surface area contributed by atoms with Gasteiger partial charge >= 0.3 is 0 Å². The van der Waals surface area contributed by atoms with Gasteiger partial charge in [0.05, 0.1) is 19.3 Å². The molecule has 33 heavy (non-hydrogen) atoms. The van der Waals surface area contributed by atoms with Crippen molar-refractivity contribution >= 4 is 6.08 Å². The molecule has 182 valence electrons. The summed E-state index contributed by atoms with van der Waals surface area (Å²) in [6.45, 7) is -1.02. The zero-order valence-electron chi connectivity index (χ0n) is 17.8. The van der Waals surface area contributed by atoms with Crippen molar-refractivity contribution in [3.8, 4) is 11.8 Å². The molecule has 10 nitrogen and oxygen atoms in total. The summed E-state index contributed by atoms with van der Waals surface area (Å²) in [5, 5.41) is 78.1. The van der Waals surface area contributed by atoms with E-state index >= 15 is 0 Å². The second-order valence-corrected chi connectivity index (χ2v) is 8.15. The Morgan fingerprint density at radius 3 is 2.03 bits per heavy atom. The molecule has 0 spiro atoms. The fourth-order valence-electron chi connectivity index (χ4n) is 3.81. The van der Waals surface area contributed by atoms with E-state index in [1.54, 1.807) is 30.4 Å². The van der Waals surface area contributed by atoms with Gasteiger partial charge in [-0.15, -0.1) is 0 Å². The maximum Gasteiger partial charge on any atom is 0.147 e. The van der Waals surface area contributed by atoms with Gasteiger partial charge in [0.25, 0.3) is 0 Å². The highest BCUT2D eigenvalue weighted by Crippen LogP contribution is 2.24. The largest absolute Gasteiger partial charge is 0.394 e. The van der Waals surface area contributed by atoms with Crippen LogP contribution in [0.4, 0.5) is 0 Å². The van der Waals surface area contributed by atoms with Gasteiger partial charge in [0.15, 0.2) is 0 Å². The number of benzene rings is 1. The molecule has 10 atom stereocenters. The second kappa shape index (κ2) is 11.5. The molecule has 10 heteroatoms. The molecule has 0 aliphatic carbocycles. The van der Waals surface area contributed by atoms with E-state index in [4.69, 9.17) is 9.47 Å². The van der Waals surface area contributed by atoms with E-state index in [0.717, 1.165) is 5.56 Å². The van der Waals surface area contributed by atoms with Crippen LogP contribution in [-0.2, 0) is 9.47 Å². The average molecular weight is 466 g/mol. The molecule has 2 aliphatic heterocycles. The van der Waals surface area contributed by atoms with Crippen LogP contribution in [0.2, 0.25) is 0 Å². The first-order valence-electron chi connectivity index (χ1n) is 10.7. The Morgan fingerprint density at radius 1 is 0.758 bits per heavy atom. The number of aliphatic hydroxyl groups excluding tert-OH is 8. The van der Waals surface area contributed by atoms with Crippen molar-refractivity contribution in [3.05, 3.63) is 41.5 Å². The fraction of sp³-hybridized carbons (Fsp3) is 0.565. The van der Waals surface area contributed by atoms with Crippen molar-refractivity contribution in [3.63, 3.8) is 0 Å². The third-order valence-electron chi connectivity index (χ3n) is 5.81. The van der Waals surface area contributed by atoms with Crippen LogP contribution in [0.3, 0.4) is 0 Å². The third kappa shape index (κ3) is 5.98. The van der Waals surface area contributed by atoms with Crippen LogP contribution in [0.1, 0.15) is 17.5 Å².